The van der Waals surface area contributed by atoms with E-state index in [-0.39, 0.29) is 38.1 Å². The van der Waals surface area contributed by atoms with Crippen LogP contribution in [-0.4, -0.2) is 69.9 Å². The number of carbonyl (C=O) groups is 3. The van der Waals surface area contributed by atoms with Gasteiger partial charge in [-0.25, -0.2) is 4.98 Å². The number of methoxy groups -OCH3 is 1. The first kappa shape index (κ1) is 18.8. The fourth-order valence-electron chi connectivity index (χ4n) is 3.41. The Morgan fingerprint density at radius 2 is 2.00 bits per heavy atom. The second-order valence-corrected chi connectivity index (χ2v) is 6.51. The number of hydrogen-bond donors (Lipinski definition) is 1. The Kier molecular flexibility index (Phi) is 5.41. The molecule has 0 aliphatic carbocycles. The normalized spacial score (nSPS) is 17.3. The van der Waals surface area contributed by atoms with Crippen LogP contribution in [0.4, 0.5) is 0 Å². The third kappa shape index (κ3) is 3.77. The molecule has 1 saturated heterocycles. The number of rotatable bonds is 5. The standard InChI is InChI=1S/C18H23N5O4/c1-12(24)22-8-7-21(9-15(22)18(19)26)17(25)10-23-14-6-4-3-5-13(14)20-16(23)11-27-2/h3-6,15H,7-11H2,1-2H3,(H2,19,26)/t15-/m0/s1. The smallest absolute Gasteiger partial charge is 0.242 e. The summed E-state index contributed by atoms with van der Waals surface area (Å²) < 4.78 is 7.02. The second-order valence-electron chi connectivity index (χ2n) is 6.51. The summed E-state index contributed by atoms with van der Waals surface area (Å²) in [6.45, 7) is 2.48. The maximum absolute atomic E-state index is 12.9. The van der Waals surface area contributed by atoms with Gasteiger partial charge in [-0.15, -0.1) is 0 Å². The number of aromatic nitrogens is 2. The molecule has 1 atom stereocenters. The van der Waals surface area contributed by atoms with Gasteiger partial charge in [0.25, 0.3) is 0 Å². The molecule has 27 heavy (non-hydrogen) atoms. The summed E-state index contributed by atoms with van der Waals surface area (Å²) in [7, 11) is 1.57. The number of para-hydroxylation sites is 2. The van der Waals surface area contributed by atoms with Crippen LogP contribution in [0, 0.1) is 0 Å². The van der Waals surface area contributed by atoms with Crippen molar-refractivity contribution < 1.29 is 19.1 Å². The molecule has 1 aliphatic rings. The lowest BCUT2D eigenvalue weighted by Crippen LogP contribution is -2.60. The van der Waals surface area contributed by atoms with E-state index in [2.05, 4.69) is 4.98 Å². The molecule has 2 heterocycles. The molecule has 3 amide bonds. The third-order valence-corrected chi connectivity index (χ3v) is 4.77. The molecular formula is C18H23N5O4. The maximum atomic E-state index is 12.9. The van der Waals surface area contributed by atoms with E-state index in [0.29, 0.717) is 12.4 Å². The zero-order valence-electron chi connectivity index (χ0n) is 15.4. The van der Waals surface area contributed by atoms with E-state index in [1.165, 1.54) is 11.8 Å². The van der Waals surface area contributed by atoms with Gasteiger partial charge in [0.15, 0.2) is 0 Å². The van der Waals surface area contributed by atoms with Gasteiger partial charge in [-0.2, -0.15) is 0 Å². The fraction of sp³-hybridized carbons (Fsp3) is 0.444. The lowest BCUT2D eigenvalue weighted by atomic mass is 10.1. The molecule has 9 nitrogen and oxygen atoms in total. The topological polar surface area (TPSA) is 111 Å². The van der Waals surface area contributed by atoms with Gasteiger partial charge in [-0.05, 0) is 12.1 Å². The molecule has 0 saturated carbocycles. The molecule has 1 aromatic heterocycles. The highest BCUT2D eigenvalue weighted by molar-refractivity contribution is 5.88. The number of nitrogens with zero attached hydrogens (tertiary/aromatic N) is 4. The summed E-state index contributed by atoms with van der Waals surface area (Å²) in [5, 5.41) is 0. The fourth-order valence-corrected chi connectivity index (χ4v) is 3.41. The Labute approximate surface area is 156 Å². The zero-order valence-corrected chi connectivity index (χ0v) is 15.4. The number of carbonyl (C=O) groups excluding carboxylic acids is 3. The van der Waals surface area contributed by atoms with Crippen molar-refractivity contribution in [3.05, 3.63) is 30.1 Å². The Hall–Kier alpha value is -2.94. The first-order chi connectivity index (χ1) is 12.9. The first-order valence-electron chi connectivity index (χ1n) is 8.69. The van der Waals surface area contributed by atoms with Crippen LogP contribution in [0.3, 0.4) is 0 Å². The monoisotopic (exact) mass is 373 g/mol. The Bertz CT molecular complexity index is 878. The third-order valence-electron chi connectivity index (χ3n) is 4.77. The highest BCUT2D eigenvalue weighted by Gasteiger charge is 2.34. The number of hydrogen-bond acceptors (Lipinski definition) is 5. The zero-order chi connectivity index (χ0) is 19.6. The Morgan fingerprint density at radius 3 is 2.67 bits per heavy atom. The molecule has 0 radical (unpaired) electrons. The van der Waals surface area contributed by atoms with Crippen molar-refractivity contribution in [3.63, 3.8) is 0 Å². The summed E-state index contributed by atoms with van der Waals surface area (Å²) in [5.74, 6) is -0.351. The van der Waals surface area contributed by atoms with Crippen LogP contribution in [0.2, 0.25) is 0 Å². The van der Waals surface area contributed by atoms with Crippen LogP contribution in [0.5, 0.6) is 0 Å². The summed E-state index contributed by atoms with van der Waals surface area (Å²) in [5.41, 5.74) is 7.05. The van der Waals surface area contributed by atoms with Crippen molar-refractivity contribution in [1.29, 1.82) is 0 Å². The highest BCUT2D eigenvalue weighted by atomic mass is 16.5. The van der Waals surface area contributed by atoms with Gasteiger partial charge in [0.05, 0.1) is 17.6 Å². The molecular weight excluding hydrogens is 350 g/mol. The Morgan fingerprint density at radius 1 is 1.26 bits per heavy atom. The van der Waals surface area contributed by atoms with Crippen molar-refractivity contribution in [2.75, 3.05) is 26.7 Å². The lowest BCUT2D eigenvalue weighted by Gasteiger charge is -2.39. The van der Waals surface area contributed by atoms with E-state index in [4.69, 9.17) is 10.5 Å². The Balaban J connectivity index is 1.81. The SMILES string of the molecule is COCc1nc2ccccc2n1CC(=O)N1CCN(C(C)=O)[C@H](C(N)=O)C1. The van der Waals surface area contributed by atoms with E-state index in [0.717, 1.165) is 11.0 Å². The predicted molar refractivity (Wildman–Crippen MR) is 97.4 cm³/mol. The van der Waals surface area contributed by atoms with E-state index in [1.807, 2.05) is 28.8 Å². The quantitative estimate of drug-likeness (QED) is 0.775. The van der Waals surface area contributed by atoms with E-state index in [1.54, 1.807) is 12.0 Å². The van der Waals surface area contributed by atoms with E-state index >= 15 is 0 Å². The van der Waals surface area contributed by atoms with Crippen molar-refractivity contribution >= 4 is 28.8 Å². The summed E-state index contributed by atoms with van der Waals surface area (Å²) >= 11 is 0. The van der Waals surface area contributed by atoms with Gasteiger partial charge in [0.2, 0.25) is 17.7 Å². The number of amides is 3. The van der Waals surface area contributed by atoms with Gasteiger partial charge in [0.1, 0.15) is 25.0 Å². The van der Waals surface area contributed by atoms with Crippen LogP contribution in [0.15, 0.2) is 24.3 Å². The van der Waals surface area contributed by atoms with Gasteiger partial charge in [0, 0.05) is 27.1 Å². The summed E-state index contributed by atoms with van der Waals surface area (Å²) in [4.78, 5) is 43.8. The van der Waals surface area contributed by atoms with Crippen molar-refractivity contribution in [3.8, 4) is 0 Å². The molecule has 0 bridgehead atoms. The number of primary amides is 1. The van der Waals surface area contributed by atoms with E-state index < -0.39 is 11.9 Å². The van der Waals surface area contributed by atoms with Crippen LogP contribution >= 0.6 is 0 Å². The predicted octanol–water partition coefficient (Wildman–Crippen LogP) is -0.273. The van der Waals surface area contributed by atoms with Crippen LogP contribution in [0.1, 0.15) is 12.7 Å². The molecule has 9 heteroatoms. The molecule has 2 aromatic rings. The van der Waals surface area contributed by atoms with Crippen molar-refractivity contribution in [2.45, 2.75) is 26.1 Å². The molecule has 1 aromatic carbocycles. The minimum absolute atomic E-state index is 0.0742. The minimum atomic E-state index is -0.807. The van der Waals surface area contributed by atoms with E-state index in [9.17, 15) is 14.4 Å². The van der Waals surface area contributed by atoms with Gasteiger partial charge in [-0.3, -0.25) is 14.4 Å². The number of fused-ring (bicyclic) bond motifs is 1. The number of piperazine rings is 1. The average Bonchev–Trinajstić information content (AvgIpc) is 2.98. The van der Waals surface area contributed by atoms with Crippen molar-refractivity contribution in [2.24, 2.45) is 5.73 Å². The summed E-state index contributed by atoms with van der Waals surface area (Å²) in [6, 6.07) is 6.74. The number of benzene rings is 1. The van der Waals surface area contributed by atoms with Crippen molar-refractivity contribution in [1.82, 2.24) is 19.4 Å². The van der Waals surface area contributed by atoms with Gasteiger partial charge >= 0.3 is 0 Å². The molecule has 3 rings (SSSR count). The molecule has 0 unspecified atom stereocenters. The van der Waals surface area contributed by atoms with Crippen LogP contribution in [-0.2, 0) is 32.3 Å². The second kappa shape index (κ2) is 7.75. The molecule has 2 N–H and O–H groups in total. The largest absolute Gasteiger partial charge is 0.377 e. The van der Waals surface area contributed by atoms with Crippen LogP contribution < -0.4 is 5.73 Å². The number of ether oxygens (including phenoxy) is 1. The van der Waals surface area contributed by atoms with Crippen LogP contribution in [0.25, 0.3) is 11.0 Å². The molecule has 1 aliphatic heterocycles. The number of nitrogens with two attached hydrogens (primary N) is 1. The number of imidazole rings is 1. The highest BCUT2D eigenvalue weighted by Crippen LogP contribution is 2.18. The first-order valence-corrected chi connectivity index (χ1v) is 8.69. The molecule has 1 fully saturated rings. The minimum Gasteiger partial charge on any atom is -0.377 e. The molecule has 0 spiro atoms. The van der Waals surface area contributed by atoms with Gasteiger partial charge in [-0.1, -0.05) is 12.1 Å². The average molecular weight is 373 g/mol. The maximum Gasteiger partial charge on any atom is 0.242 e. The lowest BCUT2D eigenvalue weighted by molar-refractivity contribution is -0.146. The summed E-state index contributed by atoms with van der Waals surface area (Å²) in [6.07, 6.45) is 0. The van der Waals surface area contributed by atoms with Gasteiger partial charge < -0.3 is 24.8 Å². The molecule has 144 valence electrons.